The molecular weight excluding hydrogens is 372 g/mol. The predicted octanol–water partition coefficient (Wildman–Crippen LogP) is 2.68. The molecular formula is C14H21BrN2O2S2. The van der Waals surface area contributed by atoms with E-state index in [-0.39, 0.29) is 0 Å². The third kappa shape index (κ3) is 4.69. The Bertz CT molecular complexity index is 589. The molecule has 0 aromatic heterocycles. The highest BCUT2D eigenvalue weighted by atomic mass is 79.9. The Hall–Kier alpha value is -0.0800. The van der Waals surface area contributed by atoms with Crippen LogP contribution in [-0.4, -0.2) is 44.4 Å². The fraction of sp³-hybridized carbons (Fsp3) is 0.571. The van der Waals surface area contributed by atoms with Crippen molar-refractivity contribution in [3.63, 3.8) is 0 Å². The maximum absolute atomic E-state index is 12.6. The molecule has 0 heterocycles. The Balaban J connectivity index is 2.17. The van der Waals surface area contributed by atoms with Gasteiger partial charge in [0.1, 0.15) is 0 Å². The maximum atomic E-state index is 12.6. The third-order valence-corrected chi connectivity index (χ3v) is 6.91. The number of hydrogen-bond acceptors (Lipinski definition) is 4. The summed E-state index contributed by atoms with van der Waals surface area (Å²) < 4.78 is 27.3. The lowest BCUT2D eigenvalue weighted by Crippen LogP contribution is -2.29. The van der Waals surface area contributed by atoms with E-state index in [4.69, 9.17) is 0 Å². The topological polar surface area (TPSA) is 49.4 Å². The second kappa shape index (κ2) is 7.46. The molecule has 0 saturated heterocycles. The number of nitrogens with one attached hydrogen (secondary N) is 1. The minimum absolute atomic E-state index is 0.348. The van der Waals surface area contributed by atoms with Crippen LogP contribution in [0.1, 0.15) is 18.4 Å². The first-order valence-corrected chi connectivity index (χ1v) is 10.5. The number of rotatable bonds is 8. The number of hydrogen-bond donors (Lipinski definition) is 1. The summed E-state index contributed by atoms with van der Waals surface area (Å²) >= 11 is 5.00. The first-order valence-electron chi connectivity index (χ1n) is 6.92. The zero-order valence-electron chi connectivity index (χ0n) is 12.3. The van der Waals surface area contributed by atoms with Crippen molar-refractivity contribution in [2.45, 2.75) is 30.3 Å². The highest BCUT2D eigenvalue weighted by Crippen LogP contribution is 2.26. The van der Waals surface area contributed by atoms with E-state index in [1.807, 2.05) is 18.4 Å². The largest absolute Gasteiger partial charge is 0.310 e. The van der Waals surface area contributed by atoms with Gasteiger partial charge in [-0.25, -0.2) is 12.7 Å². The zero-order chi connectivity index (χ0) is 15.5. The molecule has 0 unspecified atom stereocenters. The second-order valence-electron chi connectivity index (χ2n) is 5.24. The summed E-state index contributed by atoms with van der Waals surface area (Å²) in [4.78, 5) is 0.348. The van der Waals surface area contributed by atoms with Crippen LogP contribution in [0.15, 0.2) is 27.6 Å². The van der Waals surface area contributed by atoms with Crippen LogP contribution in [0.5, 0.6) is 0 Å². The van der Waals surface area contributed by atoms with Gasteiger partial charge in [-0.15, -0.1) is 0 Å². The molecule has 4 nitrogen and oxygen atoms in total. The van der Waals surface area contributed by atoms with Gasteiger partial charge in [0.2, 0.25) is 10.0 Å². The standard InChI is InChI=1S/C14H21BrN2O2S2/c1-17(7-8-20-2)21(18,19)14-9-11(3-6-13(14)15)10-16-12-4-5-12/h3,6,9,12,16H,4-5,7-8,10H2,1-2H3. The van der Waals surface area contributed by atoms with Gasteiger partial charge in [0.15, 0.2) is 0 Å². The van der Waals surface area contributed by atoms with Crippen molar-refractivity contribution in [3.8, 4) is 0 Å². The van der Waals surface area contributed by atoms with Gasteiger partial charge < -0.3 is 5.32 Å². The zero-order valence-corrected chi connectivity index (χ0v) is 15.5. The van der Waals surface area contributed by atoms with Crippen molar-refractivity contribution in [3.05, 3.63) is 28.2 Å². The maximum Gasteiger partial charge on any atom is 0.243 e. The van der Waals surface area contributed by atoms with Crippen LogP contribution in [0.3, 0.4) is 0 Å². The Labute approximate surface area is 139 Å². The molecule has 2 rings (SSSR count). The normalized spacial score (nSPS) is 15.6. The smallest absolute Gasteiger partial charge is 0.243 e. The number of benzene rings is 1. The van der Waals surface area contributed by atoms with Crippen molar-refractivity contribution in [1.82, 2.24) is 9.62 Å². The van der Waals surface area contributed by atoms with Crippen LogP contribution in [0.25, 0.3) is 0 Å². The molecule has 1 fully saturated rings. The summed E-state index contributed by atoms with van der Waals surface area (Å²) in [6, 6.07) is 6.15. The van der Waals surface area contributed by atoms with Crippen LogP contribution >= 0.6 is 27.7 Å². The highest BCUT2D eigenvalue weighted by Gasteiger charge is 2.24. The monoisotopic (exact) mass is 392 g/mol. The summed E-state index contributed by atoms with van der Waals surface area (Å²) in [5.74, 6) is 0.788. The van der Waals surface area contributed by atoms with Crippen molar-refractivity contribution >= 4 is 37.7 Å². The Morgan fingerprint density at radius 2 is 2.14 bits per heavy atom. The number of thioether (sulfide) groups is 1. The highest BCUT2D eigenvalue weighted by molar-refractivity contribution is 9.10. The molecule has 0 spiro atoms. The lowest BCUT2D eigenvalue weighted by Gasteiger charge is -2.18. The van der Waals surface area contributed by atoms with Crippen molar-refractivity contribution in [1.29, 1.82) is 0 Å². The molecule has 0 bridgehead atoms. The molecule has 1 aliphatic rings. The van der Waals surface area contributed by atoms with Crippen LogP contribution in [0, 0.1) is 0 Å². The molecule has 1 saturated carbocycles. The number of sulfonamides is 1. The molecule has 1 aliphatic carbocycles. The molecule has 7 heteroatoms. The summed E-state index contributed by atoms with van der Waals surface area (Å²) in [5, 5.41) is 3.41. The van der Waals surface area contributed by atoms with Crippen LogP contribution in [-0.2, 0) is 16.6 Å². The number of nitrogens with zero attached hydrogens (tertiary/aromatic N) is 1. The van der Waals surface area contributed by atoms with E-state index in [1.165, 1.54) is 17.1 Å². The van der Waals surface area contributed by atoms with Crippen LogP contribution in [0.2, 0.25) is 0 Å². The van der Waals surface area contributed by atoms with Crippen molar-refractivity contribution in [2.75, 3.05) is 25.6 Å². The van der Waals surface area contributed by atoms with E-state index in [0.717, 1.165) is 17.9 Å². The van der Waals surface area contributed by atoms with Crippen LogP contribution < -0.4 is 5.32 Å². The minimum atomic E-state index is -3.44. The first-order chi connectivity index (χ1) is 9.95. The summed E-state index contributed by atoms with van der Waals surface area (Å²) in [6.07, 6.45) is 4.42. The van der Waals surface area contributed by atoms with Gasteiger partial charge in [0.25, 0.3) is 0 Å². The lowest BCUT2D eigenvalue weighted by molar-refractivity contribution is 0.488. The number of halogens is 1. The molecule has 1 aromatic carbocycles. The third-order valence-electron chi connectivity index (χ3n) is 3.47. The van der Waals surface area contributed by atoms with Gasteiger partial charge in [-0.1, -0.05) is 6.07 Å². The molecule has 1 aromatic rings. The molecule has 0 aliphatic heterocycles. The van der Waals surface area contributed by atoms with E-state index in [9.17, 15) is 8.42 Å². The van der Waals surface area contributed by atoms with Crippen molar-refractivity contribution < 1.29 is 8.42 Å². The Morgan fingerprint density at radius 1 is 1.43 bits per heavy atom. The van der Waals surface area contributed by atoms with E-state index >= 15 is 0 Å². The van der Waals surface area contributed by atoms with E-state index < -0.39 is 10.0 Å². The van der Waals surface area contributed by atoms with Gasteiger partial charge in [-0.3, -0.25) is 0 Å². The van der Waals surface area contributed by atoms with Crippen LogP contribution in [0.4, 0.5) is 0 Å². The summed E-state index contributed by atoms with van der Waals surface area (Å²) in [7, 11) is -1.81. The SMILES string of the molecule is CSCCN(C)S(=O)(=O)c1cc(CNC2CC2)ccc1Br. The van der Waals surface area contributed by atoms with E-state index in [1.54, 1.807) is 24.9 Å². The van der Waals surface area contributed by atoms with Gasteiger partial charge in [0, 0.05) is 36.4 Å². The molecule has 118 valence electrons. The molecule has 0 radical (unpaired) electrons. The van der Waals surface area contributed by atoms with E-state index in [2.05, 4.69) is 21.2 Å². The lowest BCUT2D eigenvalue weighted by atomic mass is 10.2. The van der Waals surface area contributed by atoms with E-state index in [0.29, 0.717) is 22.0 Å². The van der Waals surface area contributed by atoms with Gasteiger partial charge in [0.05, 0.1) is 4.90 Å². The predicted molar refractivity (Wildman–Crippen MR) is 92.2 cm³/mol. The minimum Gasteiger partial charge on any atom is -0.310 e. The fourth-order valence-electron chi connectivity index (χ4n) is 1.91. The van der Waals surface area contributed by atoms with Gasteiger partial charge >= 0.3 is 0 Å². The summed E-state index contributed by atoms with van der Waals surface area (Å²) in [6.45, 7) is 1.23. The quantitative estimate of drug-likeness (QED) is 0.738. The average molecular weight is 393 g/mol. The summed E-state index contributed by atoms with van der Waals surface area (Å²) in [5.41, 5.74) is 1.00. The van der Waals surface area contributed by atoms with Gasteiger partial charge in [-0.05, 0) is 52.7 Å². The molecule has 0 amide bonds. The molecule has 0 atom stereocenters. The average Bonchev–Trinajstić information content (AvgIpc) is 3.27. The molecule has 21 heavy (non-hydrogen) atoms. The second-order valence-corrected chi connectivity index (χ2v) is 9.09. The first kappa shape index (κ1) is 17.3. The van der Waals surface area contributed by atoms with Crippen molar-refractivity contribution in [2.24, 2.45) is 0 Å². The molecule has 1 N–H and O–H groups in total. The Kier molecular flexibility index (Phi) is 6.14. The fourth-order valence-corrected chi connectivity index (χ4v) is 4.63. The Morgan fingerprint density at radius 3 is 2.76 bits per heavy atom. The van der Waals surface area contributed by atoms with Gasteiger partial charge in [-0.2, -0.15) is 11.8 Å².